The molecule has 7 heteroatoms. The largest absolute Gasteiger partial charge is 0.384 e. The molecule has 1 aromatic heterocycles. The Morgan fingerprint density at radius 3 is 2.59 bits per heavy atom. The summed E-state index contributed by atoms with van der Waals surface area (Å²) in [5.41, 5.74) is -0.538. The van der Waals surface area contributed by atoms with Gasteiger partial charge in [0, 0.05) is 12.3 Å². The van der Waals surface area contributed by atoms with E-state index in [1.165, 1.54) is 0 Å². The number of aromatic nitrogens is 3. The van der Waals surface area contributed by atoms with Crippen LogP contribution in [0, 0.1) is 0 Å². The van der Waals surface area contributed by atoms with Crippen LogP contribution in [0.15, 0.2) is 6.20 Å². The maximum atomic E-state index is 11.3. The molecule has 0 aromatic carbocycles. The zero-order chi connectivity index (χ0) is 13.1. The monoisotopic (exact) mass is 261 g/mol. The maximum absolute atomic E-state index is 11.3. The van der Waals surface area contributed by atoms with Gasteiger partial charge in [-0.3, -0.25) is 4.68 Å². The van der Waals surface area contributed by atoms with E-state index in [0.29, 0.717) is 18.7 Å². The molecule has 0 saturated heterocycles. The number of aryl methyl sites for hydroxylation is 1. The first kappa shape index (κ1) is 14.1. The first-order chi connectivity index (χ1) is 7.74. The molecule has 0 aliphatic rings. The van der Waals surface area contributed by atoms with Gasteiger partial charge in [-0.2, -0.15) is 0 Å². The minimum absolute atomic E-state index is 0.154. The zero-order valence-electron chi connectivity index (χ0n) is 10.4. The van der Waals surface area contributed by atoms with E-state index in [9.17, 15) is 13.5 Å². The summed E-state index contributed by atoms with van der Waals surface area (Å²) in [6, 6.07) is 0. The molecule has 0 amide bonds. The molecule has 17 heavy (non-hydrogen) atoms. The number of rotatable bonds is 6. The molecule has 0 saturated carbocycles. The van der Waals surface area contributed by atoms with Crippen molar-refractivity contribution >= 4 is 9.84 Å². The van der Waals surface area contributed by atoms with Gasteiger partial charge < -0.3 is 5.11 Å². The predicted octanol–water partition coefficient (Wildman–Crippen LogP) is 0.330. The van der Waals surface area contributed by atoms with Gasteiger partial charge in [-0.1, -0.05) is 12.1 Å². The topological polar surface area (TPSA) is 85.1 Å². The molecule has 1 aromatic rings. The lowest BCUT2D eigenvalue weighted by Gasteiger charge is -2.11. The number of nitrogens with zero attached hydrogens (tertiary/aromatic N) is 3. The number of aliphatic hydroxyl groups is 1. The number of hydrogen-bond donors (Lipinski definition) is 1. The fourth-order valence-corrected chi connectivity index (χ4v) is 2.14. The third-order valence-electron chi connectivity index (χ3n) is 2.45. The standard InChI is InChI=1S/C10H19N3O3S/c1-4-17(15,16)7-5-6-13-8-9(11-12-13)10(2,3)14/h8,14H,4-7H2,1-3H3. The van der Waals surface area contributed by atoms with Crippen molar-refractivity contribution in [3.8, 4) is 0 Å². The van der Waals surface area contributed by atoms with E-state index < -0.39 is 15.4 Å². The van der Waals surface area contributed by atoms with Crippen molar-refractivity contribution in [1.82, 2.24) is 15.0 Å². The molecular formula is C10H19N3O3S. The Kier molecular flexibility index (Phi) is 4.26. The van der Waals surface area contributed by atoms with Gasteiger partial charge in [-0.25, -0.2) is 8.42 Å². The van der Waals surface area contributed by atoms with Crippen LogP contribution in [0.3, 0.4) is 0 Å². The van der Waals surface area contributed by atoms with E-state index in [1.807, 2.05) is 0 Å². The summed E-state index contributed by atoms with van der Waals surface area (Å²) in [4.78, 5) is 0. The van der Waals surface area contributed by atoms with Crippen LogP contribution in [-0.2, 0) is 22.0 Å². The van der Waals surface area contributed by atoms with Crippen LogP contribution >= 0.6 is 0 Å². The third-order valence-corrected chi connectivity index (χ3v) is 4.24. The minimum Gasteiger partial charge on any atom is -0.384 e. The fraction of sp³-hybridized carbons (Fsp3) is 0.800. The first-order valence-electron chi connectivity index (χ1n) is 5.58. The quantitative estimate of drug-likeness (QED) is 0.797. The summed E-state index contributed by atoms with van der Waals surface area (Å²) in [7, 11) is -2.92. The second kappa shape index (κ2) is 5.14. The molecule has 98 valence electrons. The highest BCUT2D eigenvalue weighted by atomic mass is 32.2. The Morgan fingerprint density at radius 1 is 1.47 bits per heavy atom. The lowest BCUT2D eigenvalue weighted by Crippen LogP contribution is -2.16. The van der Waals surface area contributed by atoms with E-state index in [1.54, 1.807) is 31.6 Å². The summed E-state index contributed by atoms with van der Waals surface area (Å²) in [5, 5.41) is 17.4. The van der Waals surface area contributed by atoms with Crippen molar-refractivity contribution in [2.24, 2.45) is 0 Å². The molecule has 1 heterocycles. The van der Waals surface area contributed by atoms with Gasteiger partial charge in [-0.15, -0.1) is 5.10 Å². The molecule has 1 rings (SSSR count). The van der Waals surface area contributed by atoms with Crippen LogP contribution in [0.25, 0.3) is 0 Å². The molecule has 0 aliphatic carbocycles. The van der Waals surface area contributed by atoms with Crippen molar-refractivity contribution in [3.63, 3.8) is 0 Å². The van der Waals surface area contributed by atoms with E-state index >= 15 is 0 Å². The first-order valence-corrected chi connectivity index (χ1v) is 7.40. The number of sulfone groups is 1. The summed E-state index contributed by atoms with van der Waals surface area (Å²) in [5.74, 6) is 0.320. The van der Waals surface area contributed by atoms with Gasteiger partial charge in [0.25, 0.3) is 0 Å². The summed E-state index contributed by atoms with van der Waals surface area (Å²) in [6.07, 6.45) is 2.14. The zero-order valence-corrected chi connectivity index (χ0v) is 11.2. The Hall–Kier alpha value is -0.950. The van der Waals surface area contributed by atoms with Crippen LogP contribution in [0.5, 0.6) is 0 Å². The van der Waals surface area contributed by atoms with E-state index in [4.69, 9.17) is 0 Å². The maximum Gasteiger partial charge on any atom is 0.150 e. The van der Waals surface area contributed by atoms with Gasteiger partial charge in [0.1, 0.15) is 21.1 Å². The van der Waals surface area contributed by atoms with Crippen LogP contribution in [0.1, 0.15) is 32.9 Å². The van der Waals surface area contributed by atoms with Gasteiger partial charge >= 0.3 is 0 Å². The second-order valence-electron chi connectivity index (χ2n) is 4.52. The second-order valence-corrected chi connectivity index (χ2v) is 6.99. The molecular weight excluding hydrogens is 242 g/mol. The summed E-state index contributed by atoms with van der Waals surface area (Å²) < 4.78 is 24.1. The molecule has 0 unspecified atom stereocenters. The predicted molar refractivity (Wildman–Crippen MR) is 64.2 cm³/mol. The van der Waals surface area contributed by atoms with Crippen LogP contribution < -0.4 is 0 Å². The summed E-state index contributed by atoms with van der Waals surface area (Å²) in [6.45, 7) is 5.38. The van der Waals surface area contributed by atoms with Crippen molar-refractivity contribution in [2.45, 2.75) is 39.3 Å². The average molecular weight is 261 g/mol. The molecule has 0 atom stereocenters. The normalized spacial score (nSPS) is 12.9. The number of hydrogen-bond acceptors (Lipinski definition) is 5. The Bertz CT molecular complexity index is 459. The van der Waals surface area contributed by atoms with Crippen LogP contribution in [-0.4, -0.2) is 40.0 Å². The van der Waals surface area contributed by atoms with E-state index in [2.05, 4.69) is 10.3 Å². The van der Waals surface area contributed by atoms with Crippen molar-refractivity contribution in [1.29, 1.82) is 0 Å². The van der Waals surface area contributed by atoms with Gasteiger partial charge in [0.2, 0.25) is 0 Å². The minimum atomic E-state index is -2.92. The highest BCUT2D eigenvalue weighted by molar-refractivity contribution is 7.91. The highest BCUT2D eigenvalue weighted by Gasteiger charge is 2.20. The molecule has 0 radical (unpaired) electrons. The SMILES string of the molecule is CCS(=O)(=O)CCCn1cc(C(C)(C)O)nn1. The smallest absolute Gasteiger partial charge is 0.150 e. The van der Waals surface area contributed by atoms with Crippen molar-refractivity contribution in [3.05, 3.63) is 11.9 Å². The summed E-state index contributed by atoms with van der Waals surface area (Å²) >= 11 is 0. The van der Waals surface area contributed by atoms with Crippen molar-refractivity contribution < 1.29 is 13.5 Å². The van der Waals surface area contributed by atoms with Gasteiger partial charge in [0.05, 0.1) is 11.9 Å². The van der Waals surface area contributed by atoms with Crippen LogP contribution in [0.2, 0.25) is 0 Å². The fourth-order valence-electron chi connectivity index (χ4n) is 1.28. The molecule has 0 spiro atoms. The van der Waals surface area contributed by atoms with Gasteiger partial charge in [-0.05, 0) is 20.3 Å². The van der Waals surface area contributed by atoms with E-state index in [-0.39, 0.29) is 11.5 Å². The molecule has 0 fully saturated rings. The third kappa shape index (κ3) is 4.43. The highest BCUT2D eigenvalue weighted by Crippen LogP contribution is 2.15. The molecule has 6 nitrogen and oxygen atoms in total. The van der Waals surface area contributed by atoms with Crippen LogP contribution in [0.4, 0.5) is 0 Å². The average Bonchev–Trinajstić information content (AvgIpc) is 2.66. The van der Waals surface area contributed by atoms with E-state index in [0.717, 1.165) is 0 Å². The van der Waals surface area contributed by atoms with Gasteiger partial charge in [0.15, 0.2) is 0 Å². The molecule has 0 aliphatic heterocycles. The lowest BCUT2D eigenvalue weighted by atomic mass is 10.1. The Morgan fingerprint density at radius 2 is 2.12 bits per heavy atom. The lowest BCUT2D eigenvalue weighted by molar-refractivity contribution is 0.0737. The Labute approximate surface area is 102 Å². The molecule has 1 N–H and O–H groups in total. The molecule has 0 bridgehead atoms. The Balaban J connectivity index is 2.52. The van der Waals surface area contributed by atoms with Crippen molar-refractivity contribution in [2.75, 3.05) is 11.5 Å².